The first-order valence-corrected chi connectivity index (χ1v) is 7.10. The molecule has 90 valence electrons. The van der Waals surface area contributed by atoms with E-state index in [1.807, 2.05) is 13.8 Å². The average Bonchev–Trinajstić information content (AvgIpc) is 3.14. The molecule has 0 aromatic heterocycles. The summed E-state index contributed by atoms with van der Waals surface area (Å²) in [7, 11) is 0. The van der Waals surface area contributed by atoms with E-state index < -0.39 is 0 Å². The first kappa shape index (κ1) is 12.0. The van der Waals surface area contributed by atoms with Crippen LogP contribution in [0.3, 0.4) is 0 Å². The third-order valence-corrected chi connectivity index (χ3v) is 5.19. The minimum Gasteiger partial charge on any atom is -0.198 e. The summed E-state index contributed by atoms with van der Waals surface area (Å²) in [6.45, 7) is 6.37. The van der Waals surface area contributed by atoms with Crippen LogP contribution in [0.15, 0.2) is 0 Å². The highest BCUT2D eigenvalue weighted by atomic mass is 14.6. The molecule has 16 heavy (non-hydrogen) atoms. The summed E-state index contributed by atoms with van der Waals surface area (Å²) < 4.78 is 0. The smallest absolute Gasteiger partial charge is 0.0661 e. The van der Waals surface area contributed by atoms with Crippen molar-refractivity contribution in [3.63, 3.8) is 0 Å². The van der Waals surface area contributed by atoms with Gasteiger partial charge >= 0.3 is 0 Å². The normalized spacial score (nSPS) is 36.9. The first-order chi connectivity index (χ1) is 7.71. The molecule has 1 heteroatoms. The molecule has 4 fully saturated rings. The predicted molar refractivity (Wildman–Crippen MR) is 66.8 cm³/mol. The Morgan fingerprint density at radius 2 is 1.56 bits per heavy atom. The van der Waals surface area contributed by atoms with Gasteiger partial charge in [0.05, 0.1) is 12.0 Å². The fourth-order valence-electron chi connectivity index (χ4n) is 3.12. The second-order valence-electron chi connectivity index (χ2n) is 6.07. The zero-order valence-corrected chi connectivity index (χ0v) is 11.1. The maximum absolute atomic E-state index is 8.46. The van der Waals surface area contributed by atoms with Crippen LogP contribution in [0.25, 0.3) is 0 Å². The lowest BCUT2D eigenvalue weighted by Crippen LogP contribution is -2.13. The van der Waals surface area contributed by atoms with Crippen molar-refractivity contribution in [2.75, 3.05) is 0 Å². The predicted octanol–water partition coefficient (Wildman–Crippen LogP) is 4.53. The topological polar surface area (TPSA) is 23.8 Å². The minimum absolute atomic E-state index is 0.455. The molecule has 0 amide bonds. The van der Waals surface area contributed by atoms with E-state index in [2.05, 4.69) is 13.0 Å². The van der Waals surface area contributed by atoms with E-state index in [-0.39, 0.29) is 0 Å². The Hall–Kier alpha value is -0.510. The molecule has 0 radical (unpaired) electrons. The highest BCUT2D eigenvalue weighted by Gasteiger charge is 2.59. The molecule has 1 nitrogen and oxygen atoms in total. The minimum atomic E-state index is 0.455. The van der Waals surface area contributed by atoms with Crippen molar-refractivity contribution < 1.29 is 0 Å². The zero-order valence-electron chi connectivity index (χ0n) is 11.1. The van der Waals surface area contributed by atoms with Gasteiger partial charge in [-0.2, -0.15) is 5.26 Å². The third-order valence-electron chi connectivity index (χ3n) is 5.19. The van der Waals surface area contributed by atoms with Crippen LogP contribution in [-0.2, 0) is 0 Å². The number of nitriles is 1. The summed E-state index contributed by atoms with van der Waals surface area (Å²) in [4.78, 5) is 0. The van der Waals surface area contributed by atoms with Gasteiger partial charge < -0.3 is 0 Å². The van der Waals surface area contributed by atoms with Gasteiger partial charge in [-0.3, -0.25) is 0 Å². The van der Waals surface area contributed by atoms with Crippen molar-refractivity contribution in [3.05, 3.63) is 0 Å². The van der Waals surface area contributed by atoms with E-state index in [0.29, 0.717) is 11.3 Å². The van der Waals surface area contributed by atoms with Crippen LogP contribution in [0.1, 0.15) is 65.7 Å². The van der Waals surface area contributed by atoms with Crippen LogP contribution in [0.5, 0.6) is 0 Å². The molecule has 0 saturated heterocycles. The van der Waals surface area contributed by atoms with Crippen molar-refractivity contribution in [1.82, 2.24) is 0 Å². The van der Waals surface area contributed by atoms with Gasteiger partial charge in [-0.1, -0.05) is 27.2 Å². The molecule has 4 aliphatic rings. The molecule has 0 aliphatic heterocycles. The Kier molecular flexibility index (Phi) is 3.03. The Balaban J connectivity index is 0.000000107. The van der Waals surface area contributed by atoms with E-state index in [1.54, 1.807) is 19.3 Å². The van der Waals surface area contributed by atoms with Gasteiger partial charge in [0.1, 0.15) is 0 Å². The Morgan fingerprint density at radius 3 is 1.62 bits per heavy atom. The number of hydrogen-bond donors (Lipinski definition) is 0. The molecule has 0 aromatic rings. The Labute approximate surface area is 100 Å². The van der Waals surface area contributed by atoms with E-state index >= 15 is 0 Å². The van der Waals surface area contributed by atoms with Gasteiger partial charge in [-0.05, 0) is 55.3 Å². The van der Waals surface area contributed by atoms with Crippen LogP contribution >= 0.6 is 0 Å². The Bertz CT molecular complexity index is 291. The molecule has 2 atom stereocenters. The van der Waals surface area contributed by atoms with Crippen molar-refractivity contribution >= 4 is 0 Å². The number of hydrogen-bond acceptors (Lipinski definition) is 1. The number of rotatable bonds is 0. The van der Waals surface area contributed by atoms with Gasteiger partial charge in [0, 0.05) is 0 Å². The fourth-order valence-corrected chi connectivity index (χ4v) is 3.12. The molecule has 4 saturated carbocycles. The molecular weight excluding hydrogens is 194 g/mol. The van der Waals surface area contributed by atoms with Gasteiger partial charge in [-0.15, -0.1) is 0 Å². The second kappa shape index (κ2) is 4.06. The van der Waals surface area contributed by atoms with Crippen molar-refractivity contribution in [2.24, 2.45) is 22.7 Å². The Morgan fingerprint density at radius 1 is 1.00 bits per heavy atom. The van der Waals surface area contributed by atoms with E-state index in [1.165, 1.54) is 25.7 Å². The highest BCUT2D eigenvalue weighted by molar-refractivity contribution is 5.15. The summed E-state index contributed by atoms with van der Waals surface area (Å²) in [5, 5.41) is 8.46. The van der Waals surface area contributed by atoms with Crippen molar-refractivity contribution in [1.29, 1.82) is 5.26 Å². The monoisotopic (exact) mass is 219 g/mol. The SMILES string of the molecule is CC.CC1CC12CC2.N#CC1CC12CCC2. The van der Waals surface area contributed by atoms with Crippen LogP contribution in [0, 0.1) is 34.0 Å². The molecule has 4 rings (SSSR count). The lowest BCUT2D eigenvalue weighted by atomic mass is 9.80. The molecule has 4 aliphatic carbocycles. The zero-order chi connectivity index (χ0) is 11.8. The lowest BCUT2D eigenvalue weighted by molar-refractivity contribution is 0.273. The van der Waals surface area contributed by atoms with Crippen molar-refractivity contribution in [2.45, 2.75) is 65.7 Å². The highest BCUT2D eigenvalue weighted by Crippen LogP contribution is 2.70. The summed E-state index contributed by atoms with van der Waals surface area (Å²) in [5.74, 6) is 1.56. The van der Waals surface area contributed by atoms with E-state index in [9.17, 15) is 0 Å². The van der Waals surface area contributed by atoms with Gasteiger partial charge in [0.2, 0.25) is 0 Å². The van der Waals surface area contributed by atoms with E-state index in [0.717, 1.165) is 11.3 Å². The molecule has 0 heterocycles. The molecule has 0 bridgehead atoms. The van der Waals surface area contributed by atoms with E-state index in [4.69, 9.17) is 5.26 Å². The standard InChI is InChI=1S/C7H9N.C6H10.C2H6/c8-5-6-4-7(6)2-1-3-7;1-5-4-6(5)2-3-6;1-2/h6H,1-4H2;5H,2-4H2,1H3;1-2H3. The first-order valence-electron chi connectivity index (χ1n) is 7.10. The molecule has 0 aromatic carbocycles. The summed E-state index contributed by atoms with van der Waals surface area (Å²) in [5.41, 5.74) is 1.54. The lowest BCUT2D eigenvalue weighted by Gasteiger charge is -2.24. The molecular formula is C15H25N. The third kappa shape index (κ3) is 1.99. The van der Waals surface area contributed by atoms with Crippen molar-refractivity contribution in [3.8, 4) is 6.07 Å². The summed E-state index contributed by atoms with van der Waals surface area (Å²) >= 11 is 0. The summed E-state index contributed by atoms with van der Waals surface area (Å²) in [6, 6.07) is 2.33. The van der Waals surface area contributed by atoms with Crippen LogP contribution in [0.2, 0.25) is 0 Å². The second-order valence-corrected chi connectivity index (χ2v) is 6.07. The largest absolute Gasteiger partial charge is 0.198 e. The fraction of sp³-hybridized carbons (Fsp3) is 0.933. The maximum Gasteiger partial charge on any atom is 0.0661 e. The summed E-state index contributed by atoms with van der Waals surface area (Å²) in [6.07, 6.45) is 9.91. The molecule has 2 unspecified atom stereocenters. The van der Waals surface area contributed by atoms with Gasteiger partial charge in [0.15, 0.2) is 0 Å². The quantitative estimate of drug-likeness (QED) is 0.587. The van der Waals surface area contributed by atoms with Gasteiger partial charge in [0.25, 0.3) is 0 Å². The average molecular weight is 219 g/mol. The molecule has 0 N–H and O–H groups in total. The van der Waals surface area contributed by atoms with Crippen LogP contribution in [-0.4, -0.2) is 0 Å². The number of nitrogens with zero attached hydrogens (tertiary/aromatic N) is 1. The van der Waals surface area contributed by atoms with Crippen LogP contribution in [0.4, 0.5) is 0 Å². The molecule has 2 spiro atoms. The van der Waals surface area contributed by atoms with Gasteiger partial charge in [-0.25, -0.2) is 0 Å². The van der Waals surface area contributed by atoms with Crippen LogP contribution < -0.4 is 0 Å². The maximum atomic E-state index is 8.46.